The Kier molecular flexibility index (Phi) is 7.96. The van der Waals surface area contributed by atoms with Gasteiger partial charge in [-0.2, -0.15) is 4.37 Å². The number of carbonyl (C=O) groups is 1. The summed E-state index contributed by atoms with van der Waals surface area (Å²) in [5.74, 6) is -1.05. The summed E-state index contributed by atoms with van der Waals surface area (Å²) >= 11 is 7.02. The summed E-state index contributed by atoms with van der Waals surface area (Å²) in [6.45, 7) is 0.664. The fourth-order valence-electron chi connectivity index (χ4n) is 2.73. The number of halogens is 2. The lowest BCUT2D eigenvalue weighted by Crippen LogP contribution is -2.29. The third-order valence-electron chi connectivity index (χ3n) is 4.15. The summed E-state index contributed by atoms with van der Waals surface area (Å²) < 4.78 is 51.2. The number of anilines is 1. The maximum atomic E-state index is 14.7. The molecule has 3 aromatic rings. The van der Waals surface area contributed by atoms with Gasteiger partial charge in [-0.3, -0.25) is 9.52 Å². The molecule has 0 unspecified atom stereocenters. The molecule has 170 valence electrons. The van der Waals surface area contributed by atoms with Crippen molar-refractivity contribution >= 4 is 44.2 Å². The molecule has 0 saturated heterocycles. The number of aryl methyl sites for hydroxylation is 1. The summed E-state index contributed by atoms with van der Waals surface area (Å²) in [6, 6.07) is 9.02. The Labute approximate surface area is 193 Å². The average molecular weight is 500 g/mol. The Hall–Kier alpha value is -2.80. The van der Waals surface area contributed by atoms with E-state index in [1.54, 1.807) is 12.1 Å². The number of primary amides is 1. The van der Waals surface area contributed by atoms with Gasteiger partial charge in [-0.1, -0.05) is 29.8 Å². The van der Waals surface area contributed by atoms with Crippen molar-refractivity contribution in [3.63, 3.8) is 0 Å². The number of hydrogen-bond donors (Lipinski definition) is 3. The lowest BCUT2D eigenvalue weighted by Gasteiger charge is -2.14. The van der Waals surface area contributed by atoms with E-state index in [9.17, 15) is 17.6 Å². The molecule has 0 radical (unpaired) electrons. The first-order valence-electron chi connectivity index (χ1n) is 9.29. The van der Waals surface area contributed by atoms with Crippen LogP contribution in [0.5, 0.6) is 11.5 Å². The molecule has 1 aromatic heterocycles. The van der Waals surface area contributed by atoms with Crippen molar-refractivity contribution in [3.8, 4) is 11.5 Å². The van der Waals surface area contributed by atoms with Crippen LogP contribution in [0, 0.1) is 5.82 Å². The highest BCUT2D eigenvalue weighted by Crippen LogP contribution is 2.35. The largest absolute Gasteiger partial charge is 0.455 e. The number of aromatic nitrogens is 2. The summed E-state index contributed by atoms with van der Waals surface area (Å²) in [7, 11) is -4.25. The first-order valence-corrected chi connectivity index (χ1v) is 11.9. The summed E-state index contributed by atoms with van der Waals surface area (Å²) in [4.78, 5) is 13.8. The number of para-hydroxylation sites is 1. The zero-order valence-corrected chi connectivity index (χ0v) is 18.9. The number of sulfonamides is 1. The highest BCUT2D eigenvalue weighted by atomic mass is 35.5. The van der Waals surface area contributed by atoms with Crippen molar-refractivity contribution in [2.45, 2.75) is 17.7 Å². The molecule has 1 amide bonds. The van der Waals surface area contributed by atoms with Crippen LogP contribution in [0.15, 0.2) is 47.6 Å². The van der Waals surface area contributed by atoms with E-state index < -0.39 is 26.6 Å². The van der Waals surface area contributed by atoms with Crippen LogP contribution in [0.1, 0.15) is 12.0 Å². The number of ether oxygens (including phenoxy) is 1. The van der Waals surface area contributed by atoms with Crippen molar-refractivity contribution in [1.29, 1.82) is 0 Å². The van der Waals surface area contributed by atoms with E-state index in [4.69, 9.17) is 22.1 Å². The van der Waals surface area contributed by atoms with Crippen LogP contribution in [-0.2, 0) is 21.2 Å². The quantitative estimate of drug-likeness (QED) is 0.345. The van der Waals surface area contributed by atoms with Gasteiger partial charge in [0.1, 0.15) is 28.5 Å². The first kappa shape index (κ1) is 23.9. The van der Waals surface area contributed by atoms with Gasteiger partial charge in [-0.25, -0.2) is 17.8 Å². The Morgan fingerprint density at radius 1 is 1.25 bits per heavy atom. The fourth-order valence-corrected chi connectivity index (χ4v) is 4.74. The molecule has 4 N–H and O–H groups in total. The molecule has 0 atom stereocenters. The zero-order valence-electron chi connectivity index (χ0n) is 16.5. The van der Waals surface area contributed by atoms with Crippen LogP contribution in [0.4, 0.5) is 9.52 Å². The molecule has 1 heterocycles. The molecular weight excluding hydrogens is 481 g/mol. The van der Waals surface area contributed by atoms with E-state index in [0.717, 1.165) is 29.2 Å². The maximum absolute atomic E-state index is 14.7. The number of nitrogens with one attached hydrogen (secondary N) is 2. The predicted octanol–water partition coefficient (Wildman–Crippen LogP) is 2.93. The lowest BCUT2D eigenvalue weighted by atomic mass is 10.1. The van der Waals surface area contributed by atoms with E-state index in [1.807, 2.05) is 12.1 Å². The number of benzene rings is 2. The van der Waals surface area contributed by atoms with Gasteiger partial charge in [0.2, 0.25) is 11.0 Å². The van der Waals surface area contributed by atoms with Gasteiger partial charge in [0.05, 0.1) is 11.6 Å². The van der Waals surface area contributed by atoms with Gasteiger partial charge < -0.3 is 15.8 Å². The van der Waals surface area contributed by atoms with Crippen LogP contribution in [-0.4, -0.2) is 36.8 Å². The number of hydrogen-bond acceptors (Lipinski definition) is 8. The summed E-state index contributed by atoms with van der Waals surface area (Å²) in [6.07, 6.45) is 2.48. The maximum Gasteiger partial charge on any atom is 0.266 e. The van der Waals surface area contributed by atoms with Crippen LogP contribution in [0.2, 0.25) is 5.02 Å². The lowest BCUT2D eigenvalue weighted by molar-refractivity contribution is -0.117. The Morgan fingerprint density at radius 3 is 2.75 bits per heavy atom. The summed E-state index contributed by atoms with van der Waals surface area (Å²) in [5, 5.41) is 2.84. The minimum atomic E-state index is -4.25. The summed E-state index contributed by atoms with van der Waals surface area (Å²) in [5.41, 5.74) is 5.91. The van der Waals surface area contributed by atoms with Crippen molar-refractivity contribution in [1.82, 2.24) is 14.7 Å². The molecule has 32 heavy (non-hydrogen) atoms. The standard InChI is InChI=1S/C19H19ClFN5O4S2/c20-13-8-17(32(28,29)26-19-24-11-25-31-19)14(21)9-16(13)30-15-6-2-1-4-12(15)5-3-7-23-10-18(22)27/h1-2,4,6,8-9,11,23H,3,5,7,10H2,(H2,22,27)(H,24,25,26). The normalized spacial score (nSPS) is 11.3. The molecule has 0 aliphatic rings. The van der Waals surface area contributed by atoms with Gasteiger partial charge in [-0.05, 0) is 37.1 Å². The molecule has 13 heteroatoms. The second-order valence-electron chi connectivity index (χ2n) is 6.52. The van der Waals surface area contributed by atoms with E-state index >= 15 is 0 Å². The minimum Gasteiger partial charge on any atom is -0.455 e. The minimum absolute atomic E-state index is 0.0000878. The Morgan fingerprint density at radius 2 is 2.03 bits per heavy atom. The van der Waals surface area contributed by atoms with Gasteiger partial charge in [0, 0.05) is 17.6 Å². The monoisotopic (exact) mass is 499 g/mol. The molecule has 0 saturated carbocycles. The number of amides is 1. The van der Waals surface area contributed by atoms with Crippen LogP contribution in [0.25, 0.3) is 0 Å². The fraction of sp³-hybridized carbons (Fsp3) is 0.211. The topological polar surface area (TPSA) is 136 Å². The molecule has 2 aromatic carbocycles. The molecule has 0 bridgehead atoms. The van der Waals surface area contributed by atoms with E-state index in [2.05, 4.69) is 19.4 Å². The third-order valence-corrected chi connectivity index (χ3v) is 6.51. The van der Waals surface area contributed by atoms with Gasteiger partial charge in [0.15, 0.2) is 0 Å². The van der Waals surface area contributed by atoms with Gasteiger partial charge >= 0.3 is 0 Å². The molecule has 0 aliphatic heterocycles. The van der Waals surface area contributed by atoms with E-state index in [1.165, 1.54) is 6.33 Å². The highest BCUT2D eigenvalue weighted by molar-refractivity contribution is 7.93. The molecule has 9 nitrogen and oxygen atoms in total. The Bertz CT molecular complexity index is 1190. The smallest absolute Gasteiger partial charge is 0.266 e. The van der Waals surface area contributed by atoms with E-state index in [-0.39, 0.29) is 22.4 Å². The van der Waals surface area contributed by atoms with Gasteiger partial charge in [0.25, 0.3) is 10.0 Å². The number of nitrogens with zero attached hydrogens (tertiary/aromatic N) is 2. The SMILES string of the molecule is NC(=O)CNCCCc1ccccc1Oc1cc(F)c(S(=O)(=O)Nc2ncns2)cc1Cl. The predicted molar refractivity (Wildman–Crippen MR) is 119 cm³/mol. The van der Waals surface area contributed by atoms with Crippen LogP contribution < -0.4 is 20.5 Å². The van der Waals surface area contributed by atoms with Crippen molar-refractivity contribution in [2.24, 2.45) is 5.73 Å². The number of carbonyl (C=O) groups excluding carboxylic acids is 1. The number of rotatable bonds is 11. The van der Waals surface area contributed by atoms with Gasteiger partial charge in [-0.15, -0.1) is 0 Å². The highest BCUT2D eigenvalue weighted by Gasteiger charge is 2.23. The van der Waals surface area contributed by atoms with Crippen LogP contribution in [0.3, 0.4) is 0 Å². The second kappa shape index (κ2) is 10.7. The molecular formula is C19H19ClFN5O4S2. The van der Waals surface area contributed by atoms with Crippen molar-refractivity contribution in [2.75, 3.05) is 17.8 Å². The second-order valence-corrected chi connectivity index (χ2v) is 9.36. The zero-order chi connectivity index (χ0) is 23.1. The first-order chi connectivity index (χ1) is 15.3. The molecule has 0 fully saturated rings. The molecule has 3 rings (SSSR count). The Balaban J connectivity index is 1.75. The van der Waals surface area contributed by atoms with Crippen molar-refractivity contribution in [3.05, 3.63) is 59.1 Å². The third kappa shape index (κ3) is 6.36. The number of nitrogens with two attached hydrogens (primary N) is 1. The molecule has 0 aliphatic carbocycles. The molecule has 0 spiro atoms. The van der Waals surface area contributed by atoms with Crippen LogP contribution >= 0.6 is 23.1 Å². The van der Waals surface area contributed by atoms with E-state index in [0.29, 0.717) is 25.1 Å². The average Bonchev–Trinajstić information content (AvgIpc) is 3.23. The van der Waals surface area contributed by atoms with Crippen molar-refractivity contribution < 1.29 is 22.3 Å².